The molecule has 0 aliphatic carbocycles. The van der Waals surface area contributed by atoms with E-state index in [1.54, 1.807) is 36.4 Å². The Morgan fingerprint density at radius 1 is 1.14 bits per heavy atom. The van der Waals surface area contributed by atoms with Crippen molar-refractivity contribution in [2.45, 2.75) is 0 Å². The largest absolute Gasteiger partial charge is 0.478 e. The van der Waals surface area contributed by atoms with E-state index in [-0.39, 0.29) is 11.1 Å². The van der Waals surface area contributed by atoms with Crippen LogP contribution in [0.5, 0.6) is 0 Å². The summed E-state index contributed by atoms with van der Waals surface area (Å²) in [6.45, 7) is 0. The smallest absolute Gasteiger partial charge is 0.336 e. The lowest BCUT2D eigenvalue weighted by molar-refractivity contribution is 0.0699. The topological polar surface area (TPSA) is 50.2 Å². The molecule has 0 bridgehead atoms. The molecule has 0 saturated carbocycles. The van der Waals surface area contributed by atoms with E-state index in [1.807, 2.05) is 0 Å². The van der Waals surface area contributed by atoms with Gasteiger partial charge in [0, 0.05) is 15.4 Å². The normalized spacial score (nSPS) is 10.8. The Morgan fingerprint density at radius 3 is 2.62 bits per heavy atom. The van der Waals surface area contributed by atoms with Crippen LogP contribution in [-0.2, 0) is 0 Å². The zero-order valence-electron chi connectivity index (χ0n) is 10.7. The molecule has 3 aromatic rings. The molecule has 0 atom stereocenters. The summed E-state index contributed by atoms with van der Waals surface area (Å²) in [7, 11) is 0. The van der Waals surface area contributed by atoms with Crippen LogP contribution in [0.25, 0.3) is 22.2 Å². The van der Waals surface area contributed by atoms with Gasteiger partial charge in [0.1, 0.15) is 5.82 Å². The van der Waals surface area contributed by atoms with E-state index in [9.17, 15) is 14.3 Å². The summed E-state index contributed by atoms with van der Waals surface area (Å²) in [6, 6.07) is 12.7. The van der Waals surface area contributed by atoms with Gasteiger partial charge in [0.25, 0.3) is 0 Å². The molecule has 0 amide bonds. The fourth-order valence-corrected chi connectivity index (χ4v) is 2.53. The maximum Gasteiger partial charge on any atom is 0.336 e. The number of aromatic nitrogens is 1. The van der Waals surface area contributed by atoms with Crippen molar-refractivity contribution in [3.8, 4) is 11.3 Å². The third-order valence-electron chi connectivity index (χ3n) is 3.15. The Hall–Kier alpha value is -2.27. The molecule has 0 spiro atoms. The van der Waals surface area contributed by atoms with Crippen molar-refractivity contribution < 1.29 is 14.3 Å². The predicted molar refractivity (Wildman–Crippen MR) is 81.8 cm³/mol. The summed E-state index contributed by atoms with van der Waals surface area (Å²) in [5.41, 5.74) is 1.19. The molecule has 0 unspecified atom stereocenters. The molecule has 0 radical (unpaired) electrons. The average Bonchev–Trinajstić information content (AvgIpc) is 2.46. The molecule has 1 aromatic heterocycles. The zero-order chi connectivity index (χ0) is 15.0. The van der Waals surface area contributed by atoms with Crippen LogP contribution in [-0.4, -0.2) is 16.1 Å². The van der Waals surface area contributed by atoms with Gasteiger partial charge in [0.2, 0.25) is 0 Å². The van der Waals surface area contributed by atoms with Crippen LogP contribution in [0.1, 0.15) is 10.4 Å². The lowest BCUT2D eigenvalue weighted by atomic mass is 10.0. The molecule has 0 aliphatic heterocycles. The number of halogens is 2. The quantitative estimate of drug-likeness (QED) is 0.743. The van der Waals surface area contributed by atoms with Gasteiger partial charge in [-0.2, -0.15) is 0 Å². The van der Waals surface area contributed by atoms with Gasteiger partial charge >= 0.3 is 5.97 Å². The second-order valence-electron chi connectivity index (χ2n) is 4.50. The van der Waals surface area contributed by atoms with Crippen molar-refractivity contribution in [1.29, 1.82) is 0 Å². The minimum atomic E-state index is -1.07. The van der Waals surface area contributed by atoms with Crippen LogP contribution >= 0.6 is 15.9 Å². The van der Waals surface area contributed by atoms with Crippen LogP contribution in [0, 0.1) is 5.82 Å². The van der Waals surface area contributed by atoms with Gasteiger partial charge in [-0.3, -0.25) is 0 Å². The third-order valence-corrected chi connectivity index (χ3v) is 3.65. The predicted octanol–water partition coefficient (Wildman–Crippen LogP) is 4.50. The zero-order valence-corrected chi connectivity index (χ0v) is 12.3. The van der Waals surface area contributed by atoms with Gasteiger partial charge in [0.15, 0.2) is 0 Å². The van der Waals surface area contributed by atoms with E-state index in [1.165, 1.54) is 12.1 Å². The minimum absolute atomic E-state index is 0.103. The first-order valence-electron chi connectivity index (χ1n) is 6.15. The Bertz CT molecular complexity index is 864. The Balaban J connectivity index is 2.35. The van der Waals surface area contributed by atoms with Crippen LogP contribution < -0.4 is 0 Å². The lowest BCUT2D eigenvalue weighted by Crippen LogP contribution is -2.01. The Labute approximate surface area is 128 Å². The molecule has 21 heavy (non-hydrogen) atoms. The number of rotatable bonds is 2. The number of hydrogen-bond donors (Lipinski definition) is 1. The van der Waals surface area contributed by atoms with Gasteiger partial charge in [-0.05, 0) is 30.3 Å². The van der Waals surface area contributed by atoms with Crippen molar-refractivity contribution >= 4 is 32.8 Å². The number of carboxylic acids is 1. The number of carbonyl (C=O) groups is 1. The van der Waals surface area contributed by atoms with Gasteiger partial charge < -0.3 is 5.11 Å². The number of aromatic carboxylic acids is 1. The van der Waals surface area contributed by atoms with Gasteiger partial charge in [-0.25, -0.2) is 14.2 Å². The first kappa shape index (κ1) is 13.7. The summed E-state index contributed by atoms with van der Waals surface area (Å²) in [4.78, 5) is 15.8. The summed E-state index contributed by atoms with van der Waals surface area (Å²) in [5, 5.41) is 9.88. The molecule has 5 heteroatoms. The second kappa shape index (κ2) is 5.26. The van der Waals surface area contributed by atoms with Crippen molar-refractivity contribution in [3.63, 3.8) is 0 Å². The van der Waals surface area contributed by atoms with Crippen molar-refractivity contribution in [2.24, 2.45) is 0 Å². The van der Waals surface area contributed by atoms with Crippen molar-refractivity contribution in [2.75, 3.05) is 0 Å². The van der Waals surface area contributed by atoms with Crippen molar-refractivity contribution in [1.82, 2.24) is 4.98 Å². The van der Waals surface area contributed by atoms with E-state index in [2.05, 4.69) is 20.9 Å². The average molecular weight is 346 g/mol. The molecule has 1 N–H and O–H groups in total. The number of benzene rings is 2. The summed E-state index contributed by atoms with van der Waals surface area (Å²) < 4.78 is 14.7. The minimum Gasteiger partial charge on any atom is -0.478 e. The molecule has 0 aliphatic rings. The van der Waals surface area contributed by atoms with Crippen molar-refractivity contribution in [3.05, 3.63) is 64.4 Å². The molecular weight excluding hydrogens is 337 g/mol. The molecule has 0 saturated heterocycles. The van der Waals surface area contributed by atoms with E-state index in [4.69, 9.17) is 0 Å². The van der Waals surface area contributed by atoms with E-state index in [0.717, 1.165) is 4.47 Å². The summed E-state index contributed by atoms with van der Waals surface area (Å²) >= 11 is 3.33. The van der Waals surface area contributed by atoms with Crippen LogP contribution in [0.3, 0.4) is 0 Å². The lowest BCUT2D eigenvalue weighted by Gasteiger charge is -2.08. The van der Waals surface area contributed by atoms with Gasteiger partial charge in [-0.1, -0.05) is 34.1 Å². The Morgan fingerprint density at radius 2 is 1.90 bits per heavy atom. The van der Waals surface area contributed by atoms with Crippen LogP contribution in [0.4, 0.5) is 4.39 Å². The van der Waals surface area contributed by atoms with E-state index < -0.39 is 11.8 Å². The van der Waals surface area contributed by atoms with E-state index >= 15 is 0 Å². The highest BCUT2D eigenvalue weighted by Crippen LogP contribution is 2.28. The SMILES string of the molecule is O=C(O)c1cc(-c2ccccc2F)nc2cc(Br)ccc12. The highest BCUT2D eigenvalue weighted by atomic mass is 79.9. The first-order chi connectivity index (χ1) is 10.1. The first-order valence-corrected chi connectivity index (χ1v) is 6.94. The number of fused-ring (bicyclic) bond motifs is 1. The summed E-state index contributed by atoms with van der Waals surface area (Å²) in [5.74, 6) is -1.50. The maximum absolute atomic E-state index is 13.9. The molecule has 2 aromatic carbocycles. The number of hydrogen-bond acceptors (Lipinski definition) is 2. The van der Waals surface area contributed by atoms with Gasteiger partial charge in [0.05, 0.1) is 16.8 Å². The molecule has 104 valence electrons. The third kappa shape index (κ3) is 2.52. The standard InChI is InChI=1S/C16H9BrFNO2/c17-9-5-6-10-12(16(20)21)8-15(19-14(10)7-9)11-3-1-2-4-13(11)18/h1-8H,(H,20,21). The molecular formula is C16H9BrFNO2. The monoisotopic (exact) mass is 345 g/mol. The number of nitrogens with zero attached hydrogens (tertiary/aromatic N) is 1. The maximum atomic E-state index is 13.9. The number of carboxylic acid groups (broad SMARTS) is 1. The Kier molecular flexibility index (Phi) is 3.43. The fourth-order valence-electron chi connectivity index (χ4n) is 2.19. The molecule has 1 heterocycles. The van der Waals surface area contributed by atoms with Gasteiger partial charge in [-0.15, -0.1) is 0 Å². The fraction of sp³-hybridized carbons (Fsp3) is 0. The van der Waals surface area contributed by atoms with Crippen LogP contribution in [0.15, 0.2) is 53.0 Å². The highest BCUT2D eigenvalue weighted by Gasteiger charge is 2.14. The van der Waals surface area contributed by atoms with E-state index in [0.29, 0.717) is 16.6 Å². The second-order valence-corrected chi connectivity index (χ2v) is 5.42. The number of pyridine rings is 1. The summed E-state index contributed by atoms with van der Waals surface area (Å²) in [6.07, 6.45) is 0. The van der Waals surface area contributed by atoms with Crippen LogP contribution in [0.2, 0.25) is 0 Å². The molecule has 3 nitrogen and oxygen atoms in total. The molecule has 3 rings (SSSR count). The highest BCUT2D eigenvalue weighted by molar-refractivity contribution is 9.10. The molecule has 0 fully saturated rings.